The second kappa shape index (κ2) is 9.86. The molecule has 44 heavy (non-hydrogen) atoms. The van der Waals surface area contributed by atoms with Gasteiger partial charge < -0.3 is 0 Å². The van der Waals surface area contributed by atoms with E-state index in [2.05, 4.69) is 180 Å². The highest BCUT2D eigenvalue weighted by molar-refractivity contribution is 6.30. The van der Waals surface area contributed by atoms with E-state index in [0.29, 0.717) is 0 Å². The zero-order valence-corrected chi connectivity index (χ0v) is 24.1. The van der Waals surface area contributed by atoms with Crippen LogP contribution in [0.4, 0.5) is 11.4 Å². The number of rotatable bonds is 4. The lowest BCUT2D eigenvalue weighted by atomic mass is 9.89. The molecule has 0 saturated carbocycles. The average Bonchev–Trinajstić information content (AvgIpc) is 3.43. The Kier molecular flexibility index (Phi) is 5.54. The molecule has 0 unspecified atom stereocenters. The van der Waals surface area contributed by atoms with Gasteiger partial charge in [0.2, 0.25) is 0 Å². The molecule has 0 amide bonds. The summed E-state index contributed by atoms with van der Waals surface area (Å²) in [6.07, 6.45) is 0. The minimum absolute atomic E-state index is 1.10. The zero-order valence-electron chi connectivity index (χ0n) is 24.1. The number of aromatic nitrogens is 1. The number of para-hydroxylation sites is 3. The quantitative estimate of drug-likeness (QED) is 0.194. The van der Waals surface area contributed by atoms with Crippen molar-refractivity contribution in [3.63, 3.8) is 0 Å². The molecule has 206 valence electrons. The molecule has 0 saturated heterocycles. The minimum atomic E-state index is 1.10. The average molecular weight is 561 g/mol. The Hall–Kier alpha value is -5.86. The van der Waals surface area contributed by atoms with Gasteiger partial charge in [-0.15, -0.1) is 0 Å². The van der Waals surface area contributed by atoms with Crippen LogP contribution in [0.3, 0.4) is 0 Å². The van der Waals surface area contributed by atoms with Gasteiger partial charge in [0.05, 0.1) is 22.4 Å². The fourth-order valence-corrected chi connectivity index (χ4v) is 7.03. The van der Waals surface area contributed by atoms with Gasteiger partial charge in [0, 0.05) is 10.8 Å². The van der Waals surface area contributed by atoms with Gasteiger partial charge in [-0.25, -0.2) is 9.69 Å². The minimum Gasteiger partial charge on any atom is -0.249 e. The normalized spacial score (nSPS) is 11.6. The predicted octanol–water partition coefficient (Wildman–Crippen LogP) is 11.5. The fraction of sp³-hybridized carbons (Fsp3) is 0. The Bertz CT molecular complexity index is 2440. The van der Waals surface area contributed by atoms with E-state index in [1.807, 2.05) is 0 Å². The molecular formula is C42H28N2. The van der Waals surface area contributed by atoms with Crippen molar-refractivity contribution in [2.45, 2.75) is 0 Å². The number of hydrogen-bond acceptors (Lipinski definition) is 1. The maximum atomic E-state index is 2.42. The van der Waals surface area contributed by atoms with E-state index < -0.39 is 0 Å². The first-order valence-corrected chi connectivity index (χ1v) is 15.1. The molecule has 0 atom stereocenters. The summed E-state index contributed by atoms with van der Waals surface area (Å²) in [6, 6.07) is 61.4. The number of fused-ring (bicyclic) bond motifs is 9. The van der Waals surface area contributed by atoms with Crippen molar-refractivity contribution < 1.29 is 0 Å². The summed E-state index contributed by atoms with van der Waals surface area (Å²) in [6.45, 7) is 0. The van der Waals surface area contributed by atoms with E-state index in [0.717, 1.165) is 11.4 Å². The molecule has 0 radical (unpaired) electrons. The molecule has 0 aliphatic carbocycles. The van der Waals surface area contributed by atoms with Crippen LogP contribution < -0.4 is 5.01 Å². The molecule has 0 aliphatic heterocycles. The third-order valence-electron chi connectivity index (χ3n) is 8.92. The van der Waals surface area contributed by atoms with Gasteiger partial charge >= 0.3 is 0 Å². The molecule has 0 aliphatic rings. The molecule has 2 nitrogen and oxygen atoms in total. The van der Waals surface area contributed by atoms with Crippen LogP contribution in [0.15, 0.2) is 170 Å². The molecule has 0 N–H and O–H groups in total. The van der Waals surface area contributed by atoms with Crippen LogP contribution in [0.25, 0.3) is 65.3 Å². The van der Waals surface area contributed by atoms with E-state index in [1.54, 1.807) is 0 Å². The zero-order chi connectivity index (χ0) is 29.0. The fourth-order valence-electron chi connectivity index (χ4n) is 7.03. The molecule has 0 bridgehead atoms. The summed E-state index contributed by atoms with van der Waals surface area (Å²) in [4.78, 5) is 0. The monoisotopic (exact) mass is 560 g/mol. The van der Waals surface area contributed by atoms with Crippen LogP contribution in [-0.4, -0.2) is 4.68 Å². The van der Waals surface area contributed by atoms with Crippen molar-refractivity contribution in [1.82, 2.24) is 4.68 Å². The Balaban J connectivity index is 1.50. The summed E-state index contributed by atoms with van der Waals surface area (Å²) >= 11 is 0. The van der Waals surface area contributed by atoms with E-state index in [-0.39, 0.29) is 0 Å². The van der Waals surface area contributed by atoms with Crippen molar-refractivity contribution in [3.8, 4) is 11.1 Å². The predicted molar refractivity (Wildman–Crippen MR) is 188 cm³/mol. The lowest BCUT2D eigenvalue weighted by Gasteiger charge is -2.28. The number of nitrogens with zero attached hydrogens (tertiary/aromatic N) is 2. The van der Waals surface area contributed by atoms with Gasteiger partial charge in [-0.3, -0.25) is 0 Å². The Morgan fingerprint density at radius 1 is 0.364 bits per heavy atom. The van der Waals surface area contributed by atoms with Gasteiger partial charge in [0.25, 0.3) is 0 Å². The molecule has 9 aromatic rings. The van der Waals surface area contributed by atoms with Gasteiger partial charge in [0.1, 0.15) is 0 Å². The molecular weight excluding hydrogens is 532 g/mol. The van der Waals surface area contributed by atoms with Crippen LogP contribution >= 0.6 is 0 Å². The standard InChI is InChI=1S/C42H28N2/c1-4-14-29(15-5-1)38-28-40-42(37-27-26-34-33-21-11-10-16-30(33)24-25-35(34)41(37)38)36-22-12-13-23-39(36)44(40)43(31-17-6-2-7-18-31)32-19-8-3-9-20-32/h1-28H. The Morgan fingerprint density at radius 3 is 1.66 bits per heavy atom. The largest absolute Gasteiger partial charge is 0.249 e. The third kappa shape index (κ3) is 3.68. The number of benzene rings is 8. The van der Waals surface area contributed by atoms with E-state index in [1.165, 1.54) is 65.3 Å². The van der Waals surface area contributed by atoms with Crippen molar-refractivity contribution >= 4 is 65.5 Å². The summed E-state index contributed by atoms with van der Waals surface area (Å²) in [7, 11) is 0. The van der Waals surface area contributed by atoms with E-state index in [4.69, 9.17) is 0 Å². The first-order chi connectivity index (χ1) is 21.9. The SMILES string of the molecule is c1ccc(-c2cc3c(c4ccc5c6ccccc6ccc5c24)c2ccccc2n3N(c2ccccc2)c2ccccc2)cc1. The van der Waals surface area contributed by atoms with Crippen molar-refractivity contribution in [2.24, 2.45) is 0 Å². The Labute approximate surface area is 255 Å². The van der Waals surface area contributed by atoms with Crippen LogP contribution in [0, 0.1) is 0 Å². The number of hydrogen-bond donors (Lipinski definition) is 0. The van der Waals surface area contributed by atoms with Gasteiger partial charge in [-0.1, -0.05) is 133 Å². The molecule has 0 fully saturated rings. The van der Waals surface area contributed by atoms with Crippen molar-refractivity contribution in [1.29, 1.82) is 0 Å². The topological polar surface area (TPSA) is 8.17 Å². The van der Waals surface area contributed by atoms with Crippen molar-refractivity contribution in [2.75, 3.05) is 5.01 Å². The lowest BCUT2D eigenvalue weighted by molar-refractivity contribution is 0.886. The van der Waals surface area contributed by atoms with Gasteiger partial charge in [-0.05, 0) is 79.8 Å². The lowest BCUT2D eigenvalue weighted by Crippen LogP contribution is -2.23. The summed E-state index contributed by atoms with van der Waals surface area (Å²) < 4.78 is 2.41. The van der Waals surface area contributed by atoms with E-state index >= 15 is 0 Å². The Morgan fingerprint density at radius 2 is 0.932 bits per heavy atom. The highest BCUT2D eigenvalue weighted by atomic mass is 15.6. The van der Waals surface area contributed by atoms with Crippen LogP contribution in [0.5, 0.6) is 0 Å². The van der Waals surface area contributed by atoms with Gasteiger partial charge in [-0.2, -0.15) is 0 Å². The summed E-state index contributed by atoms with van der Waals surface area (Å²) in [5.41, 5.74) is 6.99. The highest BCUT2D eigenvalue weighted by Crippen LogP contribution is 2.45. The summed E-state index contributed by atoms with van der Waals surface area (Å²) in [5.74, 6) is 0. The van der Waals surface area contributed by atoms with Crippen LogP contribution in [0.1, 0.15) is 0 Å². The first kappa shape index (κ1) is 24.7. The highest BCUT2D eigenvalue weighted by Gasteiger charge is 2.23. The second-order valence-corrected chi connectivity index (χ2v) is 11.4. The van der Waals surface area contributed by atoms with Crippen LogP contribution in [-0.2, 0) is 0 Å². The molecule has 0 spiro atoms. The molecule has 9 rings (SSSR count). The summed E-state index contributed by atoms with van der Waals surface area (Å²) in [5, 5.41) is 12.5. The molecule has 1 aromatic heterocycles. The molecule has 1 heterocycles. The van der Waals surface area contributed by atoms with Crippen LogP contribution in [0.2, 0.25) is 0 Å². The molecule has 2 heteroatoms. The smallest absolute Gasteiger partial charge is 0.0728 e. The first-order valence-electron chi connectivity index (χ1n) is 15.1. The van der Waals surface area contributed by atoms with E-state index in [9.17, 15) is 0 Å². The van der Waals surface area contributed by atoms with Gasteiger partial charge in [0.15, 0.2) is 0 Å². The van der Waals surface area contributed by atoms with Crippen molar-refractivity contribution in [3.05, 3.63) is 170 Å². The maximum Gasteiger partial charge on any atom is 0.0728 e. The third-order valence-corrected chi connectivity index (χ3v) is 8.92. The maximum absolute atomic E-state index is 2.42. The second-order valence-electron chi connectivity index (χ2n) is 11.4. The molecule has 8 aromatic carbocycles. The number of anilines is 2.